The molecule has 3 heteroatoms. The summed E-state index contributed by atoms with van der Waals surface area (Å²) >= 11 is 0. The standard InChI is InChI=1S/C24H28NOP/c1-24(2,3)27(26,23-17-11-6-12-18-23)25(19-21-13-7-4-8-14-21)20-22-15-9-5-10-16-22/h4-18H,19-20H2,1-3H3. The van der Waals surface area contributed by atoms with Gasteiger partial charge in [-0.25, -0.2) is 4.67 Å². The highest BCUT2D eigenvalue weighted by molar-refractivity contribution is 7.70. The van der Waals surface area contributed by atoms with Crippen LogP contribution in [0.4, 0.5) is 0 Å². The Labute approximate surface area is 163 Å². The summed E-state index contributed by atoms with van der Waals surface area (Å²) in [4.78, 5) is 0. The maximum absolute atomic E-state index is 14.7. The van der Waals surface area contributed by atoms with Crippen LogP contribution in [0.5, 0.6) is 0 Å². The van der Waals surface area contributed by atoms with E-state index in [2.05, 4.69) is 49.7 Å². The van der Waals surface area contributed by atoms with Crippen molar-refractivity contribution in [3.05, 3.63) is 102 Å². The third kappa shape index (κ3) is 4.40. The van der Waals surface area contributed by atoms with Crippen molar-refractivity contribution in [2.45, 2.75) is 39.0 Å². The van der Waals surface area contributed by atoms with Crippen LogP contribution in [0.3, 0.4) is 0 Å². The van der Waals surface area contributed by atoms with Gasteiger partial charge in [0.05, 0.1) is 0 Å². The third-order valence-electron chi connectivity index (χ3n) is 4.83. The van der Waals surface area contributed by atoms with E-state index < -0.39 is 7.29 Å². The van der Waals surface area contributed by atoms with E-state index in [-0.39, 0.29) is 5.16 Å². The van der Waals surface area contributed by atoms with Gasteiger partial charge in [0.2, 0.25) is 0 Å². The maximum atomic E-state index is 14.7. The van der Waals surface area contributed by atoms with E-state index in [1.54, 1.807) is 0 Å². The first kappa shape index (κ1) is 19.6. The molecule has 0 N–H and O–H groups in total. The van der Waals surface area contributed by atoms with E-state index in [1.165, 1.54) is 11.1 Å². The molecule has 0 amide bonds. The average molecular weight is 377 g/mol. The van der Waals surface area contributed by atoms with Crippen molar-refractivity contribution in [2.75, 3.05) is 0 Å². The molecule has 1 atom stereocenters. The van der Waals surface area contributed by atoms with Crippen molar-refractivity contribution in [2.24, 2.45) is 0 Å². The third-order valence-corrected chi connectivity index (χ3v) is 8.73. The Hall–Kier alpha value is -2.15. The molecule has 0 saturated heterocycles. The van der Waals surface area contributed by atoms with Crippen LogP contribution in [0.1, 0.15) is 31.9 Å². The minimum absolute atomic E-state index is 0.377. The zero-order valence-electron chi connectivity index (χ0n) is 16.4. The second-order valence-electron chi connectivity index (χ2n) is 7.88. The molecule has 27 heavy (non-hydrogen) atoms. The van der Waals surface area contributed by atoms with E-state index in [0.717, 1.165) is 5.30 Å². The molecule has 0 bridgehead atoms. The lowest BCUT2D eigenvalue weighted by Gasteiger charge is -2.40. The average Bonchev–Trinajstić information content (AvgIpc) is 2.68. The lowest BCUT2D eigenvalue weighted by atomic mass is 10.2. The molecule has 0 aliphatic carbocycles. The van der Waals surface area contributed by atoms with Gasteiger partial charge < -0.3 is 4.57 Å². The summed E-state index contributed by atoms with van der Waals surface area (Å²) in [7, 11) is -2.86. The van der Waals surface area contributed by atoms with Gasteiger partial charge in [0.25, 0.3) is 0 Å². The highest BCUT2D eigenvalue weighted by Crippen LogP contribution is 2.60. The first-order valence-electron chi connectivity index (χ1n) is 9.40. The molecule has 3 aromatic carbocycles. The molecule has 0 saturated carbocycles. The second-order valence-corrected chi connectivity index (χ2v) is 11.5. The van der Waals surface area contributed by atoms with Gasteiger partial charge in [0.15, 0.2) is 7.29 Å². The van der Waals surface area contributed by atoms with Gasteiger partial charge in [0.1, 0.15) is 0 Å². The lowest BCUT2D eigenvalue weighted by Crippen LogP contribution is -2.35. The molecule has 0 spiro atoms. The summed E-state index contributed by atoms with van der Waals surface area (Å²) in [6.45, 7) is 7.57. The minimum atomic E-state index is -2.86. The summed E-state index contributed by atoms with van der Waals surface area (Å²) in [5.41, 5.74) is 2.35. The molecule has 0 aromatic heterocycles. The lowest BCUT2D eigenvalue weighted by molar-refractivity contribution is 0.388. The van der Waals surface area contributed by atoms with Crippen molar-refractivity contribution in [3.8, 4) is 0 Å². The van der Waals surface area contributed by atoms with Gasteiger partial charge in [-0.05, 0) is 11.1 Å². The van der Waals surface area contributed by atoms with Crippen LogP contribution in [0, 0.1) is 0 Å². The normalized spacial score (nSPS) is 14.1. The predicted molar refractivity (Wildman–Crippen MR) is 116 cm³/mol. The molecule has 0 aliphatic rings. The van der Waals surface area contributed by atoms with Gasteiger partial charge in [-0.2, -0.15) is 0 Å². The van der Waals surface area contributed by atoms with Gasteiger partial charge in [-0.1, -0.05) is 112 Å². The van der Waals surface area contributed by atoms with Crippen LogP contribution in [0.15, 0.2) is 91.0 Å². The van der Waals surface area contributed by atoms with Crippen molar-refractivity contribution < 1.29 is 4.57 Å². The molecule has 0 radical (unpaired) electrons. The van der Waals surface area contributed by atoms with E-state index >= 15 is 0 Å². The molecule has 1 unspecified atom stereocenters. The number of hydrogen-bond donors (Lipinski definition) is 0. The first-order chi connectivity index (χ1) is 12.9. The van der Waals surface area contributed by atoms with Crippen molar-refractivity contribution in [3.63, 3.8) is 0 Å². The molecule has 140 valence electrons. The van der Waals surface area contributed by atoms with Crippen molar-refractivity contribution in [1.82, 2.24) is 4.67 Å². The van der Waals surface area contributed by atoms with Crippen LogP contribution in [-0.4, -0.2) is 9.83 Å². The van der Waals surface area contributed by atoms with E-state index in [1.807, 2.05) is 66.7 Å². The number of hydrogen-bond acceptors (Lipinski definition) is 1. The predicted octanol–water partition coefficient (Wildman–Crippen LogP) is 6.09. The molecule has 3 aromatic rings. The highest BCUT2D eigenvalue weighted by atomic mass is 31.2. The van der Waals surface area contributed by atoms with E-state index in [4.69, 9.17) is 0 Å². The van der Waals surface area contributed by atoms with Gasteiger partial charge in [-0.3, -0.25) is 0 Å². The maximum Gasteiger partial charge on any atom is 0.184 e. The zero-order chi connectivity index (χ0) is 19.3. The first-order valence-corrected chi connectivity index (χ1v) is 11.1. The second kappa shape index (κ2) is 8.25. The number of rotatable bonds is 6. The topological polar surface area (TPSA) is 20.3 Å². The highest BCUT2D eigenvalue weighted by Gasteiger charge is 2.43. The Bertz CT molecular complexity index is 844. The molecule has 3 rings (SSSR count). The molecule has 0 fully saturated rings. The number of benzene rings is 3. The van der Waals surface area contributed by atoms with Gasteiger partial charge >= 0.3 is 0 Å². The smallest absolute Gasteiger partial charge is 0.184 e. The molecule has 0 aliphatic heterocycles. The Kier molecular flexibility index (Phi) is 5.99. The fourth-order valence-corrected chi connectivity index (χ4v) is 6.70. The van der Waals surface area contributed by atoms with Crippen molar-refractivity contribution >= 4 is 12.6 Å². The van der Waals surface area contributed by atoms with Crippen LogP contribution in [-0.2, 0) is 17.7 Å². The van der Waals surface area contributed by atoms with Crippen LogP contribution in [0.25, 0.3) is 0 Å². The van der Waals surface area contributed by atoms with E-state index in [9.17, 15) is 4.57 Å². The fourth-order valence-electron chi connectivity index (χ4n) is 3.45. The summed E-state index contributed by atoms with van der Waals surface area (Å²) in [6.07, 6.45) is 0. The Balaban J connectivity index is 2.09. The van der Waals surface area contributed by atoms with Gasteiger partial charge in [0, 0.05) is 23.6 Å². The molecule has 2 nitrogen and oxygen atoms in total. The molecule has 0 heterocycles. The van der Waals surface area contributed by atoms with Crippen molar-refractivity contribution in [1.29, 1.82) is 0 Å². The Morgan fingerprint density at radius 3 is 1.41 bits per heavy atom. The largest absolute Gasteiger partial charge is 0.301 e. The molecular formula is C24H28NOP. The summed E-state index contributed by atoms with van der Waals surface area (Å²) in [5, 5.41) is 0.544. The summed E-state index contributed by atoms with van der Waals surface area (Å²) < 4.78 is 16.9. The Morgan fingerprint density at radius 1 is 0.667 bits per heavy atom. The van der Waals surface area contributed by atoms with Crippen LogP contribution >= 0.6 is 7.29 Å². The summed E-state index contributed by atoms with van der Waals surface area (Å²) in [5.74, 6) is 0. The monoisotopic (exact) mass is 377 g/mol. The minimum Gasteiger partial charge on any atom is -0.301 e. The number of nitrogens with zero attached hydrogens (tertiary/aromatic N) is 1. The van der Waals surface area contributed by atoms with Gasteiger partial charge in [-0.15, -0.1) is 0 Å². The van der Waals surface area contributed by atoms with Crippen LogP contribution < -0.4 is 5.30 Å². The zero-order valence-corrected chi connectivity index (χ0v) is 17.3. The Morgan fingerprint density at radius 2 is 1.04 bits per heavy atom. The van der Waals surface area contributed by atoms with E-state index in [0.29, 0.717) is 13.1 Å². The van der Waals surface area contributed by atoms with Crippen LogP contribution in [0.2, 0.25) is 0 Å². The summed E-state index contributed by atoms with van der Waals surface area (Å²) in [6, 6.07) is 30.6. The molecular weight excluding hydrogens is 349 g/mol. The SMILES string of the molecule is CC(C)(C)P(=O)(c1ccccc1)N(Cc1ccccc1)Cc1ccccc1. The fraction of sp³-hybridized carbons (Fsp3) is 0.250. The quantitative estimate of drug-likeness (QED) is 0.484.